The lowest BCUT2D eigenvalue weighted by molar-refractivity contribution is 0.379. The van der Waals surface area contributed by atoms with Gasteiger partial charge in [-0.05, 0) is 25.5 Å². The molecule has 0 aliphatic rings. The summed E-state index contributed by atoms with van der Waals surface area (Å²) in [6.07, 6.45) is 7.45. The molecule has 3 nitrogen and oxygen atoms in total. The van der Waals surface area contributed by atoms with Gasteiger partial charge in [-0.2, -0.15) is 0 Å². The molecule has 0 aromatic heterocycles. The molecule has 0 spiro atoms. The van der Waals surface area contributed by atoms with E-state index in [2.05, 4.69) is 25.2 Å². The Kier molecular flexibility index (Phi) is 8.91. The summed E-state index contributed by atoms with van der Waals surface area (Å²) in [4.78, 5) is 0. The standard InChI is InChI=1S/C18H31NO2/c1-5-7-8-9-10-17(19-13-6-2)16-12-11-15(20-3)14-18(16)21-4/h11-12,14,17,19H,5-10,13H2,1-4H3. The molecule has 0 aliphatic heterocycles. The minimum Gasteiger partial charge on any atom is -0.497 e. The van der Waals surface area contributed by atoms with Crippen LogP contribution in [-0.2, 0) is 0 Å². The summed E-state index contributed by atoms with van der Waals surface area (Å²) in [5, 5.41) is 3.65. The van der Waals surface area contributed by atoms with E-state index in [4.69, 9.17) is 9.47 Å². The SMILES string of the molecule is CCCCCCC(NCCC)c1ccc(OC)cc1OC. The van der Waals surface area contributed by atoms with Gasteiger partial charge >= 0.3 is 0 Å². The molecule has 0 aliphatic carbocycles. The third-order valence-electron chi connectivity index (χ3n) is 3.80. The first-order valence-electron chi connectivity index (χ1n) is 8.22. The van der Waals surface area contributed by atoms with Gasteiger partial charge in [-0.1, -0.05) is 45.6 Å². The van der Waals surface area contributed by atoms with Crippen LogP contribution >= 0.6 is 0 Å². The van der Waals surface area contributed by atoms with E-state index in [9.17, 15) is 0 Å². The van der Waals surface area contributed by atoms with Gasteiger partial charge in [0.25, 0.3) is 0 Å². The molecule has 1 N–H and O–H groups in total. The molecule has 1 rings (SSSR count). The van der Waals surface area contributed by atoms with E-state index in [0.717, 1.165) is 30.9 Å². The smallest absolute Gasteiger partial charge is 0.127 e. The Bertz CT molecular complexity index is 393. The van der Waals surface area contributed by atoms with Gasteiger partial charge in [-0.25, -0.2) is 0 Å². The first-order valence-corrected chi connectivity index (χ1v) is 8.22. The van der Waals surface area contributed by atoms with Gasteiger partial charge in [-0.3, -0.25) is 0 Å². The maximum absolute atomic E-state index is 5.56. The lowest BCUT2D eigenvalue weighted by atomic mass is 9.98. The van der Waals surface area contributed by atoms with Crippen molar-refractivity contribution in [2.45, 2.75) is 58.4 Å². The predicted octanol–water partition coefficient (Wildman–Crippen LogP) is 4.71. The first kappa shape index (κ1) is 17.8. The second-order valence-electron chi connectivity index (χ2n) is 5.46. The van der Waals surface area contributed by atoms with E-state index >= 15 is 0 Å². The highest BCUT2D eigenvalue weighted by atomic mass is 16.5. The Labute approximate surface area is 130 Å². The molecule has 1 aromatic rings. The first-order chi connectivity index (χ1) is 10.3. The van der Waals surface area contributed by atoms with Crippen LogP contribution in [0.25, 0.3) is 0 Å². The third kappa shape index (κ3) is 5.96. The molecule has 0 radical (unpaired) electrons. The number of hydrogen-bond donors (Lipinski definition) is 1. The van der Waals surface area contributed by atoms with Crippen LogP contribution in [0.15, 0.2) is 18.2 Å². The van der Waals surface area contributed by atoms with E-state index in [-0.39, 0.29) is 0 Å². The number of nitrogens with one attached hydrogen (secondary N) is 1. The Morgan fingerprint density at radius 3 is 2.43 bits per heavy atom. The van der Waals surface area contributed by atoms with Crippen molar-refractivity contribution in [3.63, 3.8) is 0 Å². The van der Waals surface area contributed by atoms with Crippen molar-refractivity contribution < 1.29 is 9.47 Å². The molecule has 1 atom stereocenters. The molecule has 0 saturated carbocycles. The fourth-order valence-electron chi connectivity index (χ4n) is 2.57. The van der Waals surface area contributed by atoms with Gasteiger partial charge < -0.3 is 14.8 Å². The summed E-state index contributed by atoms with van der Waals surface area (Å²) in [7, 11) is 3.41. The summed E-state index contributed by atoms with van der Waals surface area (Å²) in [6.45, 7) is 5.49. The van der Waals surface area contributed by atoms with Crippen molar-refractivity contribution >= 4 is 0 Å². The zero-order valence-corrected chi connectivity index (χ0v) is 14.1. The highest BCUT2D eigenvalue weighted by molar-refractivity contribution is 5.42. The van der Waals surface area contributed by atoms with Crippen LogP contribution in [0.3, 0.4) is 0 Å². The van der Waals surface area contributed by atoms with Crippen molar-refractivity contribution in [3.8, 4) is 11.5 Å². The van der Waals surface area contributed by atoms with E-state index in [1.54, 1.807) is 14.2 Å². The number of ether oxygens (including phenoxy) is 2. The van der Waals surface area contributed by atoms with Crippen molar-refractivity contribution in [2.24, 2.45) is 0 Å². The van der Waals surface area contributed by atoms with Gasteiger partial charge in [0.1, 0.15) is 11.5 Å². The second-order valence-corrected chi connectivity index (χ2v) is 5.46. The van der Waals surface area contributed by atoms with Gasteiger partial charge in [0, 0.05) is 17.7 Å². The molecule has 120 valence electrons. The largest absolute Gasteiger partial charge is 0.497 e. The van der Waals surface area contributed by atoms with Gasteiger partial charge in [0.15, 0.2) is 0 Å². The molecule has 21 heavy (non-hydrogen) atoms. The highest BCUT2D eigenvalue weighted by Gasteiger charge is 2.16. The monoisotopic (exact) mass is 293 g/mol. The van der Waals surface area contributed by atoms with Crippen molar-refractivity contribution in [1.29, 1.82) is 0 Å². The van der Waals surface area contributed by atoms with E-state index in [1.165, 1.54) is 31.2 Å². The zero-order valence-electron chi connectivity index (χ0n) is 14.1. The lowest BCUT2D eigenvalue weighted by Gasteiger charge is -2.22. The molecule has 0 fully saturated rings. The van der Waals surface area contributed by atoms with Crippen LogP contribution in [0.2, 0.25) is 0 Å². The quantitative estimate of drug-likeness (QED) is 0.599. The van der Waals surface area contributed by atoms with Crippen LogP contribution in [0.4, 0.5) is 0 Å². The fraction of sp³-hybridized carbons (Fsp3) is 0.667. The second kappa shape index (κ2) is 10.5. The van der Waals surface area contributed by atoms with Gasteiger partial charge in [0.2, 0.25) is 0 Å². The molecule has 0 amide bonds. The average Bonchev–Trinajstić information content (AvgIpc) is 2.53. The Hall–Kier alpha value is -1.22. The molecular formula is C18H31NO2. The van der Waals surface area contributed by atoms with Gasteiger partial charge in [0.05, 0.1) is 14.2 Å². The Balaban J connectivity index is 2.80. The predicted molar refractivity (Wildman–Crippen MR) is 89.3 cm³/mol. The maximum atomic E-state index is 5.56. The number of hydrogen-bond acceptors (Lipinski definition) is 3. The highest BCUT2D eigenvalue weighted by Crippen LogP contribution is 2.32. The normalized spacial score (nSPS) is 12.2. The molecule has 0 saturated heterocycles. The summed E-state index contributed by atoms with van der Waals surface area (Å²) < 4.78 is 10.8. The summed E-state index contributed by atoms with van der Waals surface area (Å²) in [5.74, 6) is 1.76. The minimum atomic E-state index is 0.364. The maximum Gasteiger partial charge on any atom is 0.127 e. The molecule has 1 aromatic carbocycles. The fourth-order valence-corrected chi connectivity index (χ4v) is 2.57. The van der Waals surface area contributed by atoms with Crippen LogP contribution < -0.4 is 14.8 Å². The number of unbranched alkanes of at least 4 members (excludes halogenated alkanes) is 3. The molecule has 0 bridgehead atoms. The van der Waals surface area contributed by atoms with Crippen molar-refractivity contribution in [1.82, 2.24) is 5.32 Å². The van der Waals surface area contributed by atoms with E-state index in [0.29, 0.717) is 6.04 Å². The summed E-state index contributed by atoms with van der Waals surface area (Å²) in [6, 6.07) is 6.49. The zero-order chi connectivity index (χ0) is 15.5. The third-order valence-corrected chi connectivity index (χ3v) is 3.80. The summed E-state index contributed by atoms with van der Waals surface area (Å²) in [5.41, 5.74) is 1.24. The molecule has 3 heteroatoms. The molecular weight excluding hydrogens is 262 g/mol. The number of methoxy groups -OCH3 is 2. The van der Waals surface area contributed by atoms with Crippen molar-refractivity contribution in [3.05, 3.63) is 23.8 Å². The summed E-state index contributed by atoms with van der Waals surface area (Å²) >= 11 is 0. The Morgan fingerprint density at radius 1 is 1.00 bits per heavy atom. The Morgan fingerprint density at radius 2 is 1.81 bits per heavy atom. The number of rotatable bonds is 11. The van der Waals surface area contributed by atoms with Crippen LogP contribution in [0.1, 0.15) is 64.0 Å². The van der Waals surface area contributed by atoms with Gasteiger partial charge in [-0.15, -0.1) is 0 Å². The van der Waals surface area contributed by atoms with Crippen LogP contribution in [-0.4, -0.2) is 20.8 Å². The molecule has 0 heterocycles. The van der Waals surface area contributed by atoms with Crippen LogP contribution in [0.5, 0.6) is 11.5 Å². The topological polar surface area (TPSA) is 30.5 Å². The van der Waals surface area contributed by atoms with E-state index in [1.807, 2.05) is 12.1 Å². The lowest BCUT2D eigenvalue weighted by Crippen LogP contribution is -2.22. The average molecular weight is 293 g/mol. The molecule has 1 unspecified atom stereocenters. The van der Waals surface area contributed by atoms with Crippen LogP contribution in [0, 0.1) is 0 Å². The number of benzene rings is 1. The van der Waals surface area contributed by atoms with Crippen molar-refractivity contribution in [2.75, 3.05) is 20.8 Å². The minimum absolute atomic E-state index is 0.364. The van der Waals surface area contributed by atoms with E-state index < -0.39 is 0 Å².